The molecule has 0 saturated heterocycles. The van der Waals surface area contributed by atoms with Crippen LogP contribution in [0.4, 0.5) is 0 Å². The van der Waals surface area contributed by atoms with E-state index in [0.717, 1.165) is 45.0 Å². The molecule has 4 rings (SSSR count). The molecule has 4 aromatic rings. The van der Waals surface area contributed by atoms with Gasteiger partial charge in [0.05, 0.1) is 36.6 Å². The molecular weight excluding hydrogens is 372 g/mol. The second kappa shape index (κ2) is 9.05. The summed E-state index contributed by atoms with van der Waals surface area (Å²) in [5, 5.41) is 0. The number of benzene rings is 3. The molecule has 0 atom stereocenters. The fraction of sp³-hybridized carbons (Fsp3) is 0.0769. The minimum atomic E-state index is 0.814. The number of hydrogen-bond donors (Lipinski definition) is 0. The average Bonchev–Trinajstić information content (AvgIpc) is 2.81. The fourth-order valence-corrected chi connectivity index (χ4v) is 3.05. The normalized spacial score (nSPS) is 11.4. The van der Waals surface area contributed by atoms with E-state index in [1.165, 1.54) is 0 Å². The number of para-hydroxylation sites is 2. The SMILES string of the molecule is COc1ccc(C=Cc2nc3ccccc3nc2C=Cc2ccc(OC)cc2)cc1. The molecule has 0 radical (unpaired) electrons. The molecule has 0 aliphatic carbocycles. The molecule has 4 nitrogen and oxygen atoms in total. The Hall–Kier alpha value is -3.92. The number of methoxy groups -OCH3 is 2. The minimum absolute atomic E-state index is 0.814. The number of fused-ring (bicyclic) bond motifs is 1. The predicted octanol–water partition coefficient (Wildman–Crippen LogP) is 5.99. The molecule has 0 bridgehead atoms. The summed E-state index contributed by atoms with van der Waals surface area (Å²) in [7, 11) is 3.33. The first kappa shape index (κ1) is 19.4. The van der Waals surface area contributed by atoms with E-state index in [9.17, 15) is 0 Å². The summed E-state index contributed by atoms with van der Waals surface area (Å²) in [6.07, 6.45) is 8.05. The highest BCUT2D eigenvalue weighted by Gasteiger charge is 2.04. The lowest BCUT2D eigenvalue weighted by atomic mass is 10.1. The van der Waals surface area contributed by atoms with Crippen LogP contribution in [0.25, 0.3) is 35.3 Å². The number of ether oxygens (including phenoxy) is 2. The van der Waals surface area contributed by atoms with Crippen LogP contribution in [-0.4, -0.2) is 24.2 Å². The van der Waals surface area contributed by atoms with E-state index in [0.29, 0.717) is 0 Å². The highest BCUT2D eigenvalue weighted by Crippen LogP contribution is 2.20. The van der Waals surface area contributed by atoms with E-state index >= 15 is 0 Å². The summed E-state index contributed by atoms with van der Waals surface area (Å²) < 4.78 is 10.4. The van der Waals surface area contributed by atoms with Crippen molar-refractivity contribution < 1.29 is 9.47 Å². The molecule has 0 unspecified atom stereocenters. The summed E-state index contributed by atoms with van der Waals surface area (Å²) in [4.78, 5) is 9.64. The second-order valence-corrected chi connectivity index (χ2v) is 6.70. The van der Waals surface area contributed by atoms with Crippen molar-refractivity contribution in [1.82, 2.24) is 9.97 Å². The molecule has 30 heavy (non-hydrogen) atoms. The van der Waals surface area contributed by atoms with Gasteiger partial charge in [0.2, 0.25) is 0 Å². The standard InChI is InChI=1S/C26H22N2O2/c1-29-21-13-7-19(8-14-21)11-17-25-26(28-24-6-4-3-5-23(24)27-25)18-12-20-9-15-22(30-2)16-10-20/h3-18H,1-2H3. The summed E-state index contributed by atoms with van der Waals surface area (Å²) in [5.41, 5.74) is 5.50. The highest BCUT2D eigenvalue weighted by atomic mass is 16.5. The van der Waals surface area contributed by atoms with E-state index in [1.807, 2.05) is 97.1 Å². The van der Waals surface area contributed by atoms with Crippen LogP contribution in [0.3, 0.4) is 0 Å². The van der Waals surface area contributed by atoms with Crippen molar-refractivity contribution in [2.45, 2.75) is 0 Å². The molecule has 0 spiro atoms. The Kier molecular flexibility index (Phi) is 5.85. The fourth-order valence-electron chi connectivity index (χ4n) is 3.05. The Labute approximate surface area is 176 Å². The highest BCUT2D eigenvalue weighted by molar-refractivity contribution is 5.82. The van der Waals surface area contributed by atoms with Gasteiger partial charge in [-0.3, -0.25) is 0 Å². The van der Waals surface area contributed by atoms with E-state index in [-0.39, 0.29) is 0 Å². The third-order valence-corrected chi connectivity index (χ3v) is 4.72. The molecule has 0 aliphatic heterocycles. The zero-order valence-corrected chi connectivity index (χ0v) is 16.9. The Balaban J connectivity index is 1.69. The Morgan fingerprint density at radius 3 is 1.30 bits per heavy atom. The lowest BCUT2D eigenvalue weighted by molar-refractivity contribution is 0.414. The molecule has 0 aliphatic rings. The van der Waals surface area contributed by atoms with Crippen molar-refractivity contribution in [2.24, 2.45) is 0 Å². The number of rotatable bonds is 6. The van der Waals surface area contributed by atoms with Crippen LogP contribution in [-0.2, 0) is 0 Å². The van der Waals surface area contributed by atoms with Crippen molar-refractivity contribution in [1.29, 1.82) is 0 Å². The first-order valence-electron chi connectivity index (χ1n) is 9.66. The predicted molar refractivity (Wildman–Crippen MR) is 123 cm³/mol. The van der Waals surface area contributed by atoms with Gasteiger partial charge in [-0.2, -0.15) is 0 Å². The van der Waals surface area contributed by atoms with E-state index in [1.54, 1.807) is 14.2 Å². The Bertz CT molecular complexity index is 1100. The maximum absolute atomic E-state index is 5.22. The first-order chi connectivity index (χ1) is 14.7. The summed E-state index contributed by atoms with van der Waals surface area (Å²) in [6.45, 7) is 0. The Morgan fingerprint density at radius 1 is 0.533 bits per heavy atom. The van der Waals surface area contributed by atoms with Crippen LogP contribution in [0.2, 0.25) is 0 Å². The molecule has 4 heteroatoms. The van der Waals surface area contributed by atoms with Crippen LogP contribution >= 0.6 is 0 Å². The van der Waals surface area contributed by atoms with Crippen molar-refractivity contribution >= 4 is 35.3 Å². The monoisotopic (exact) mass is 394 g/mol. The van der Waals surface area contributed by atoms with Gasteiger partial charge in [0.25, 0.3) is 0 Å². The molecule has 0 fully saturated rings. The zero-order valence-electron chi connectivity index (χ0n) is 16.9. The average molecular weight is 394 g/mol. The third-order valence-electron chi connectivity index (χ3n) is 4.72. The Morgan fingerprint density at radius 2 is 0.933 bits per heavy atom. The van der Waals surface area contributed by atoms with E-state index in [4.69, 9.17) is 19.4 Å². The summed E-state index contributed by atoms with van der Waals surface area (Å²) >= 11 is 0. The lowest BCUT2D eigenvalue weighted by Crippen LogP contribution is -1.93. The molecular formula is C26H22N2O2. The zero-order chi connectivity index (χ0) is 20.8. The van der Waals surface area contributed by atoms with Gasteiger partial charge in [-0.1, -0.05) is 48.6 Å². The maximum atomic E-state index is 5.22. The molecule has 0 N–H and O–H groups in total. The number of hydrogen-bond acceptors (Lipinski definition) is 4. The van der Waals surface area contributed by atoms with Crippen molar-refractivity contribution in [2.75, 3.05) is 14.2 Å². The quantitative estimate of drug-likeness (QED) is 0.403. The van der Waals surface area contributed by atoms with Gasteiger partial charge in [-0.25, -0.2) is 9.97 Å². The van der Waals surface area contributed by atoms with E-state index < -0.39 is 0 Å². The van der Waals surface area contributed by atoms with Gasteiger partial charge in [0, 0.05) is 0 Å². The van der Waals surface area contributed by atoms with Crippen LogP contribution < -0.4 is 9.47 Å². The van der Waals surface area contributed by atoms with Gasteiger partial charge in [0.15, 0.2) is 0 Å². The number of aromatic nitrogens is 2. The van der Waals surface area contributed by atoms with Gasteiger partial charge in [-0.15, -0.1) is 0 Å². The summed E-state index contributed by atoms with van der Waals surface area (Å²) in [6, 6.07) is 23.7. The van der Waals surface area contributed by atoms with Gasteiger partial charge < -0.3 is 9.47 Å². The molecule has 1 heterocycles. The topological polar surface area (TPSA) is 44.2 Å². The van der Waals surface area contributed by atoms with Crippen LogP contribution in [0.15, 0.2) is 72.8 Å². The molecule has 0 saturated carbocycles. The van der Waals surface area contributed by atoms with Crippen molar-refractivity contribution in [3.8, 4) is 11.5 Å². The van der Waals surface area contributed by atoms with Gasteiger partial charge in [0.1, 0.15) is 11.5 Å². The molecule has 1 aromatic heterocycles. The molecule has 148 valence electrons. The van der Waals surface area contributed by atoms with Gasteiger partial charge in [-0.05, 0) is 59.7 Å². The van der Waals surface area contributed by atoms with Crippen molar-refractivity contribution in [3.05, 3.63) is 95.3 Å². The van der Waals surface area contributed by atoms with Crippen molar-refractivity contribution in [3.63, 3.8) is 0 Å². The minimum Gasteiger partial charge on any atom is -0.497 e. The van der Waals surface area contributed by atoms with Crippen LogP contribution in [0.5, 0.6) is 11.5 Å². The van der Waals surface area contributed by atoms with Gasteiger partial charge >= 0.3 is 0 Å². The smallest absolute Gasteiger partial charge is 0.118 e. The third kappa shape index (κ3) is 4.55. The number of nitrogens with zero attached hydrogens (tertiary/aromatic N) is 2. The largest absolute Gasteiger partial charge is 0.497 e. The molecule has 3 aromatic carbocycles. The molecule has 0 amide bonds. The second-order valence-electron chi connectivity index (χ2n) is 6.70. The van der Waals surface area contributed by atoms with E-state index in [2.05, 4.69) is 0 Å². The first-order valence-corrected chi connectivity index (χ1v) is 9.66. The lowest BCUT2D eigenvalue weighted by Gasteiger charge is -2.04. The van der Waals surface area contributed by atoms with Crippen LogP contribution in [0, 0.1) is 0 Å². The maximum Gasteiger partial charge on any atom is 0.118 e. The van der Waals surface area contributed by atoms with Crippen LogP contribution in [0.1, 0.15) is 22.5 Å². The summed E-state index contributed by atoms with van der Waals surface area (Å²) in [5.74, 6) is 1.67.